The van der Waals surface area contributed by atoms with Gasteiger partial charge in [0.05, 0.1) is 21.3 Å². The second-order valence-electron chi connectivity index (χ2n) is 12.6. The number of nitrogens with zero attached hydrogens (tertiary/aromatic N) is 5. The highest BCUT2D eigenvalue weighted by Crippen LogP contribution is 2.47. The predicted octanol–water partition coefficient (Wildman–Crippen LogP) is 5.54. The first-order valence-corrected chi connectivity index (χ1v) is 15.7. The van der Waals surface area contributed by atoms with E-state index in [4.69, 9.17) is 10.5 Å². The standard InChI is InChI=1S/C30H29F6N7OS/c1-42(24-13-7-19(24)38-10-13)26-16-8-17(30(34,35)36)20(15-3-4-18(32)25-23(15)39-27(37)45-25)21(33)22(16)40-28(41-26)44-12-29-5-2-6-43(29)11-14(31)9-29/h3-4,8,13-14,19,24,38H,2,5-7,9-12H2,1H3,(H2,37,39)/t13-,14+,19?,24?,29-/m0/s1. The lowest BCUT2D eigenvalue weighted by molar-refractivity contribution is -0.137. The Balaban J connectivity index is 1.32. The summed E-state index contributed by atoms with van der Waals surface area (Å²) in [5.74, 6) is -1.63. The molecule has 2 unspecified atom stereocenters. The van der Waals surface area contributed by atoms with E-state index in [1.54, 1.807) is 11.9 Å². The zero-order valence-corrected chi connectivity index (χ0v) is 24.9. The van der Waals surface area contributed by atoms with Gasteiger partial charge >= 0.3 is 12.2 Å². The fourth-order valence-electron chi connectivity index (χ4n) is 8.03. The molecule has 5 atom stereocenters. The normalized spacial score (nSPS) is 27.8. The van der Waals surface area contributed by atoms with Crippen LogP contribution in [0.15, 0.2) is 18.2 Å². The maximum absolute atomic E-state index is 16.8. The van der Waals surface area contributed by atoms with E-state index in [0.717, 1.165) is 61.9 Å². The van der Waals surface area contributed by atoms with Crippen molar-refractivity contribution in [2.75, 3.05) is 43.9 Å². The molecule has 8 nitrogen and oxygen atoms in total. The van der Waals surface area contributed by atoms with Crippen molar-refractivity contribution in [1.29, 1.82) is 0 Å². The number of rotatable bonds is 6. The summed E-state index contributed by atoms with van der Waals surface area (Å²) < 4.78 is 96.1. The van der Waals surface area contributed by atoms with Crippen LogP contribution in [-0.4, -0.2) is 76.9 Å². The number of ether oxygens (including phenoxy) is 1. The molecule has 0 spiro atoms. The van der Waals surface area contributed by atoms with Gasteiger partial charge in [-0.2, -0.15) is 23.1 Å². The van der Waals surface area contributed by atoms with Crippen LogP contribution in [0.3, 0.4) is 0 Å². The number of likely N-dealkylation sites (N-methyl/N-ethyl adjacent to an activating group) is 1. The van der Waals surface area contributed by atoms with Crippen LogP contribution in [0, 0.1) is 17.6 Å². The van der Waals surface area contributed by atoms with Crippen molar-refractivity contribution in [2.45, 2.75) is 55.7 Å². The van der Waals surface area contributed by atoms with Gasteiger partial charge in [0.1, 0.15) is 29.9 Å². The Hall–Kier alpha value is -3.43. The van der Waals surface area contributed by atoms with E-state index in [2.05, 4.69) is 25.2 Å². The molecule has 1 aliphatic carbocycles. The summed E-state index contributed by atoms with van der Waals surface area (Å²) in [6.45, 7) is 1.86. The zero-order chi connectivity index (χ0) is 31.4. The van der Waals surface area contributed by atoms with E-state index in [1.165, 1.54) is 0 Å². The van der Waals surface area contributed by atoms with Gasteiger partial charge in [-0.15, -0.1) is 0 Å². The van der Waals surface area contributed by atoms with E-state index in [0.29, 0.717) is 6.54 Å². The molecule has 5 fully saturated rings. The van der Waals surface area contributed by atoms with Crippen LogP contribution in [-0.2, 0) is 6.18 Å². The van der Waals surface area contributed by atoms with E-state index < -0.39 is 40.6 Å². The number of nitrogens with one attached hydrogen (secondary N) is 1. The van der Waals surface area contributed by atoms with Crippen molar-refractivity contribution in [3.63, 3.8) is 0 Å². The minimum absolute atomic E-state index is 0.0596. The SMILES string of the molecule is CN(c1nc(OC[C@@]23CCCN2C[C@H](F)C3)nc2c(F)c(-c3ccc(F)c4sc(N)nc34)c(C(F)(F)F)cc12)C1C2C[C@H]1CN2. The van der Waals surface area contributed by atoms with Crippen LogP contribution >= 0.6 is 11.3 Å². The Morgan fingerprint density at radius 3 is 2.76 bits per heavy atom. The number of hydrogen-bond acceptors (Lipinski definition) is 9. The molecule has 4 saturated heterocycles. The Bertz CT molecular complexity index is 1840. The van der Waals surface area contributed by atoms with Crippen molar-refractivity contribution in [1.82, 2.24) is 25.2 Å². The number of nitrogen functional groups attached to an aromatic ring is 1. The Labute approximate surface area is 257 Å². The molecule has 6 heterocycles. The van der Waals surface area contributed by atoms with Gasteiger partial charge in [-0.3, -0.25) is 4.90 Å². The molecule has 2 aromatic heterocycles. The third kappa shape index (κ3) is 4.44. The molecule has 45 heavy (non-hydrogen) atoms. The van der Waals surface area contributed by atoms with E-state index in [1.807, 2.05) is 0 Å². The maximum atomic E-state index is 16.8. The molecular weight excluding hydrogens is 620 g/mol. The number of halogens is 6. The topological polar surface area (TPSA) is 92.4 Å². The number of thiazole rings is 1. The first-order valence-electron chi connectivity index (χ1n) is 14.9. The van der Waals surface area contributed by atoms with E-state index in [9.17, 15) is 22.0 Å². The predicted molar refractivity (Wildman–Crippen MR) is 158 cm³/mol. The lowest BCUT2D eigenvalue weighted by Gasteiger charge is -2.42. The molecule has 5 aliphatic rings. The summed E-state index contributed by atoms with van der Waals surface area (Å²) in [4.78, 5) is 16.8. The molecule has 15 heteroatoms. The molecule has 238 valence electrons. The Morgan fingerprint density at radius 1 is 1.20 bits per heavy atom. The summed E-state index contributed by atoms with van der Waals surface area (Å²) in [5.41, 5.74) is 2.34. The van der Waals surface area contributed by atoms with Gasteiger partial charge in [-0.1, -0.05) is 11.3 Å². The van der Waals surface area contributed by atoms with Gasteiger partial charge < -0.3 is 20.7 Å². The highest BCUT2D eigenvalue weighted by Gasteiger charge is 2.51. The van der Waals surface area contributed by atoms with Gasteiger partial charge in [0.15, 0.2) is 10.9 Å². The van der Waals surface area contributed by atoms with Crippen molar-refractivity contribution in [3.05, 3.63) is 35.4 Å². The van der Waals surface area contributed by atoms with Gasteiger partial charge in [0.25, 0.3) is 0 Å². The monoisotopic (exact) mass is 649 g/mol. The summed E-state index contributed by atoms with van der Waals surface area (Å²) in [6.07, 6.45) is -3.18. The molecule has 0 radical (unpaired) electrons. The quantitative estimate of drug-likeness (QED) is 0.264. The molecular formula is C30H29F6N7OS. The number of alkyl halides is 4. The van der Waals surface area contributed by atoms with Crippen LogP contribution in [0.1, 0.15) is 31.2 Å². The first-order chi connectivity index (χ1) is 21.4. The Morgan fingerprint density at radius 2 is 2.02 bits per heavy atom. The maximum Gasteiger partial charge on any atom is 0.417 e. The molecule has 2 bridgehead atoms. The smallest absolute Gasteiger partial charge is 0.417 e. The molecule has 4 aromatic rings. The largest absolute Gasteiger partial charge is 0.461 e. The van der Waals surface area contributed by atoms with Crippen LogP contribution in [0.5, 0.6) is 6.01 Å². The minimum Gasteiger partial charge on any atom is -0.461 e. The van der Waals surface area contributed by atoms with Crippen molar-refractivity contribution < 1.29 is 31.1 Å². The molecule has 9 rings (SSSR count). The minimum atomic E-state index is -4.99. The molecule has 4 aliphatic heterocycles. The van der Waals surface area contributed by atoms with Gasteiger partial charge in [-0.25, -0.2) is 18.2 Å². The highest BCUT2D eigenvalue weighted by atomic mass is 32.1. The summed E-state index contributed by atoms with van der Waals surface area (Å²) in [7, 11) is 1.73. The van der Waals surface area contributed by atoms with Gasteiger partial charge in [0, 0.05) is 55.2 Å². The number of fused-ring (bicyclic) bond motifs is 4. The molecule has 2 aromatic carbocycles. The van der Waals surface area contributed by atoms with Crippen LogP contribution in [0.2, 0.25) is 0 Å². The van der Waals surface area contributed by atoms with Crippen molar-refractivity contribution in [2.24, 2.45) is 5.92 Å². The fourth-order valence-corrected chi connectivity index (χ4v) is 8.79. The third-order valence-electron chi connectivity index (χ3n) is 10.1. The number of hydrogen-bond donors (Lipinski definition) is 2. The lowest BCUT2D eigenvalue weighted by atomic mass is 9.79. The lowest BCUT2D eigenvalue weighted by Crippen LogP contribution is -2.53. The number of benzene rings is 2. The number of nitrogens with two attached hydrogens (primary N) is 1. The van der Waals surface area contributed by atoms with Crippen molar-refractivity contribution in [3.8, 4) is 17.1 Å². The number of anilines is 2. The van der Waals surface area contributed by atoms with Crippen LogP contribution in [0.25, 0.3) is 32.2 Å². The van der Waals surface area contributed by atoms with Crippen molar-refractivity contribution >= 4 is 43.4 Å². The summed E-state index contributed by atoms with van der Waals surface area (Å²) in [5, 5.41) is 3.19. The summed E-state index contributed by atoms with van der Waals surface area (Å²) >= 11 is 0.762. The highest BCUT2D eigenvalue weighted by molar-refractivity contribution is 7.22. The van der Waals surface area contributed by atoms with Gasteiger partial charge in [0.2, 0.25) is 0 Å². The van der Waals surface area contributed by atoms with Crippen LogP contribution in [0.4, 0.5) is 37.3 Å². The number of aromatic nitrogens is 3. The average Bonchev–Trinajstić information content (AvgIpc) is 3.79. The Kier molecular flexibility index (Phi) is 6.47. The first kappa shape index (κ1) is 29.0. The van der Waals surface area contributed by atoms with Crippen LogP contribution < -0.4 is 20.7 Å². The molecule has 3 N–H and O–H groups in total. The average molecular weight is 650 g/mol. The molecule has 1 saturated carbocycles. The molecule has 0 amide bonds. The summed E-state index contributed by atoms with van der Waals surface area (Å²) in [6, 6.07) is 2.74. The zero-order valence-electron chi connectivity index (χ0n) is 24.1. The third-order valence-corrected chi connectivity index (χ3v) is 11.0. The fraction of sp³-hybridized carbons (Fsp3) is 0.500. The van der Waals surface area contributed by atoms with E-state index in [-0.39, 0.29) is 74.7 Å². The van der Waals surface area contributed by atoms with E-state index >= 15 is 4.39 Å². The second kappa shape index (κ2) is 10.0. The van der Waals surface area contributed by atoms with Gasteiger partial charge in [-0.05, 0) is 49.9 Å². The second-order valence-corrected chi connectivity index (χ2v) is 13.7.